The zero-order valence-electron chi connectivity index (χ0n) is 15.5. The van der Waals surface area contributed by atoms with E-state index in [0.717, 1.165) is 23.9 Å². The molecule has 2 aromatic heterocycles. The van der Waals surface area contributed by atoms with Crippen molar-refractivity contribution in [2.24, 2.45) is 0 Å². The molecule has 2 N–H and O–H groups in total. The van der Waals surface area contributed by atoms with Crippen LogP contribution in [0.25, 0.3) is 22.5 Å². The molecule has 1 saturated heterocycles. The monoisotopic (exact) mass is 399 g/mol. The van der Waals surface area contributed by atoms with Gasteiger partial charge in [-0.1, -0.05) is 0 Å². The van der Waals surface area contributed by atoms with Crippen LogP contribution in [0.5, 0.6) is 0 Å². The molecule has 0 radical (unpaired) electrons. The van der Waals surface area contributed by atoms with Crippen molar-refractivity contribution in [2.75, 3.05) is 19.7 Å². The van der Waals surface area contributed by atoms with Gasteiger partial charge >= 0.3 is 0 Å². The summed E-state index contributed by atoms with van der Waals surface area (Å²) >= 11 is 0. The second kappa shape index (κ2) is 8.04. The van der Waals surface area contributed by atoms with Crippen LogP contribution < -0.4 is 0 Å². The Bertz CT molecular complexity index is 1020. The lowest BCUT2D eigenvalue weighted by Crippen LogP contribution is -2.39. The molecule has 0 spiro atoms. The lowest BCUT2D eigenvalue weighted by Gasteiger charge is -2.31. The summed E-state index contributed by atoms with van der Waals surface area (Å²) in [5.74, 6) is -1.41. The van der Waals surface area contributed by atoms with Crippen molar-refractivity contribution < 1.29 is 18.7 Å². The highest BCUT2D eigenvalue weighted by Gasteiger charge is 2.29. The minimum Gasteiger partial charge on any atom is -0.387 e. The van der Waals surface area contributed by atoms with Gasteiger partial charge in [-0.25, -0.2) is 18.7 Å². The number of aromatic nitrogens is 4. The number of aliphatic hydroxyl groups excluding tert-OH is 1. The minimum atomic E-state index is -0.580. The Labute approximate surface area is 165 Å². The highest BCUT2D eigenvalue weighted by Crippen LogP contribution is 2.39. The van der Waals surface area contributed by atoms with Gasteiger partial charge in [0.15, 0.2) is 0 Å². The van der Waals surface area contributed by atoms with E-state index in [-0.39, 0.29) is 23.1 Å². The summed E-state index contributed by atoms with van der Waals surface area (Å²) in [5, 5.41) is 16.3. The van der Waals surface area contributed by atoms with Gasteiger partial charge in [-0.15, -0.1) is 0 Å². The smallest absolute Gasteiger partial charge is 0.248 e. The summed E-state index contributed by atoms with van der Waals surface area (Å²) in [5.41, 5.74) is 2.25. The first-order valence-corrected chi connectivity index (χ1v) is 9.27. The van der Waals surface area contributed by atoms with Crippen LogP contribution in [0.15, 0.2) is 36.8 Å². The zero-order valence-corrected chi connectivity index (χ0v) is 15.5. The maximum atomic E-state index is 14.5. The number of halogens is 2. The van der Waals surface area contributed by atoms with E-state index in [4.69, 9.17) is 5.11 Å². The van der Waals surface area contributed by atoms with Gasteiger partial charge in [-0.2, -0.15) is 5.10 Å². The number of hydrogen-bond donors (Lipinski definition) is 2. The molecule has 7 nitrogen and oxygen atoms in total. The van der Waals surface area contributed by atoms with Crippen molar-refractivity contribution in [3.63, 3.8) is 0 Å². The maximum absolute atomic E-state index is 14.5. The number of H-pyrrole nitrogens is 1. The van der Waals surface area contributed by atoms with E-state index in [1.54, 1.807) is 17.2 Å². The first-order valence-electron chi connectivity index (χ1n) is 9.27. The van der Waals surface area contributed by atoms with Gasteiger partial charge < -0.3 is 10.0 Å². The second-order valence-corrected chi connectivity index (χ2v) is 6.89. The highest BCUT2D eigenvalue weighted by atomic mass is 19.1. The molecule has 0 saturated carbocycles. The minimum absolute atomic E-state index is 0.0283. The number of likely N-dealkylation sites (tertiary alicyclic amines) is 1. The molecular weight excluding hydrogens is 380 g/mol. The van der Waals surface area contributed by atoms with Crippen LogP contribution in [-0.2, 0) is 4.79 Å². The van der Waals surface area contributed by atoms with E-state index in [9.17, 15) is 13.6 Å². The summed E-state index contributed by atoms with van der Waals surface area (Å²) in [6, 6.07) is 4.94. The average Bonchev–Trinajstić information content (AvgIpc) is 3.20. The molecule has 0 aliphatic carbocycles. The zero-order chi connectivity index (χ0) is 20.4. The molecule has 1 aromatic carbocycles. The van der Waals surface area contributed by atoms with Crippen LogP contribution in [0.1, 0.15) is 24.5 Å². The Morgan fingerprint density at radius 3 is 2.72 bits per heavy atom. The summed E-state index contributed by atoms with van der Waals surface area (Å²) in [6.45, 7) is 0.482. The van der Waals surface area contributed by atoms with Gasteiger partial charge in [0.2, 0.25) is 5.91 Å². The third-order valence-electron chi connectivity index (χ3n) is 5.21. The van der Waals surface area contributed by atoms with E-state index >= 15 is 0 Å². The summed E-state index contributed by atoms with van der Waals surface area (Å²) in [7, 11) is 0. The largest absolute Gasteiger partial charge is 0.387 e. The summed E-state index contributed by atoms with van der Waals surface area (Å²) in [4.78, 5) is 21.5. The number of carbonyl (C=O) groups is 1. The molecule has 1 aliphatic heterocycles. The van der Waals surface area contributed by atoms with Gasteiger partial charge in [0.1, 0.15) is 30.3 Å². The fourth-order valence-corrected chi connectivity index (χ4v) is 3.74. The van der Waals surface area contributed by atoms with E-state index in [2.05, 4.69) is 20.2 Å². The number of nitrogens with one attached hydrogen (secondary N) is 1. The predicted molar refractivity (Wildman–Crippen MR) is 101 cm³/mol. The molecule has 29 heavy (non-hydrogen) atoms. The van der Waals surface area contributed by atoms with Gasteiger partial charge in [0, 0.05) is 42.0 Å². The topological polar surface area (TPSA) is 95.0 Å². The fraction of sp³-hybridized carbons (Fsp3) is 0.300. The standard InChI is InChI=1S/C20H19F2N5O2/c21-13-1-2-15(22)14(9-13)20-18(16-3-6-23-11-24-16)19(25-26-20)12-4-7-27(8-5-12)17(29)10-28/h1-3,6,9,11-12,28H,4-5,7-8,10H2,(H,25,26). The van der Waals surface area contributed by atoms with E-state index < -0.39 is 18.2 Å². The lowest BCUT2D eigenvalue weighted by molar-refractivity contribution is -0.135. The Hall–Kier alpha value is -3.20. The van der Waals surface area contributed by atoms with Gasteiger partial charge in [-0.05, 0) is 37.1 Å². The number of carbonyl (C=O) groups excluding carboxylic acids is 1. The number of amides is 1. The first-order chi connectivity index (χ1) is 14.1. The number of aliphatic hydroxyl groups is 1. The molecule has 0 atom stereocenters. The maximum Gasteiger partial charge on any atom is 0.248 e. The van der Waals surface area contributed by atoms with Crippen molar-refractivity contribution >= 4 is 5.91 Å². The Morgan fingerprint density at radius 1 is 1.24 bits per heavy atom. The van der Waals surface area contributed by atoms with E-state index in [1.165, 1.54) is 6.33 Å². The molecule has 0 bridgehead atoms. The Balaban J connectivity index is 1.75. The molecule has 150 valence electrons. The third kappa shape index (κ3) is 3.73. The third-order valence-corrected chi connectivity index (χ3v) is 5.21. The fourth-order valence-electron chi connectivity index (χ4n) is 3.74. The molecule has 3 heterocycles. The second-order valence-electron chi connectivity index (χ2n) is 6.89. The Morgan fingerprint density at radius 2 is 2.03 bits per heavy atom. The summed E-state index contributed by atoms with van der Waals surface area (Å²) in [6.07, 6.45) is 4.27. The number of rotatable bonds is 4. The van der Waals surface area contributed by atoms with Gasteiger partial charge in [0.05, 0.1) is 5.69 Å². The SMILES string of the molecule is O=C(CO)N1CCC(c2[nH]nc(-c3cc(F)ccc3F)c2-c2ccncn2)CC1. The van der Waals surface area contributed by atoms with Crippen molar-refractivity contribution in [3.8, 4) is 22.5 Å². The van der Waals surface area contributed by atoms with E-state index in [1.807, 2.05) is 0 Å². The molecule has 3 aromatic rings. The van der Waals surface area contributed by atoms with Crippen LogP contribution in [0.4, 0.5) is 8.78 Å². The van der Waals surface area contributed by atoms with Gasteiger partial charge in [-0.3, -0.25) is 9.89 Å². The molecule has 1 fully saturated rings. The molecule has 9 heteroatoms. The highest BCUT2D eigenvalue weighted by molar-refractivity contribution is 5.81. The van der Waals surface area contributed by atoms with Crippen molar-refractivity contribution in [1.82, 2.24) is 25.1 Å². The number of benzene rings is 1. The first kappa shape index (κ1) is 19.1. The van der Waals surface area contributed by atoms with Gasteiger partial charge in [0.25, 0.3) is 0 Å². The average molecular weight is 399 g/mol. The van der Waals surface area contributed by atoms with Crippen LogP contribution in [0.3, 0.4) is 0 Å². The molecule has 0 unspecified atom stereocenters. The molecule has 4 rings (SSSR count). The van der Waals surface area contributed by atoms with Crippen LogP contribution in [0.2, 0.25) is 0 Å². The van der Waals surface area contributed by atoms with Crippen molar-refractivity contribution in [3.05, 3.63) is 54.1 Å². The summed E-state index contributed by atoms with van der Waals surface area (Å²) < 4.78 is 28.3. The van der Waals surface area contributed by atoms with Crippen molar-refractivity contribution in [1.29, 1.82) is 0 Å². The quantitative estimate of drug-likeness (QED) is 0.703. The van der Waals surface area contributed by atoms with Crippen LogP contribution in [0, 0.1) is 11.6 Å². The normalized spacial score (nSPS) is 14.9. The predicted octanol–water partition coefficient (Wildman–Crippen LogP) is 2.51. The number of piperidine rings is 1. The molecule has 1 aliphatic rings. The van der Waals surface area contributed by atoms with Crippen LogP contribution in [-0.4, -0.2) is 55.8 Å². The lowest BCUT2D eigenvalue weighted by atomic mass is 9.88. The molecular formula is C20H19F2N5O2. The number of nitrogens with zero attached hydrogens (tertiary/aromatic N) is 4. The van der Waals surface area contributed by atoms with Crippen LogP contribution >= 0.6 is 0 Å². The van der Waals surface area contributed by atoms with E-state index in [0.29, 0.717) is 37.2 Å². The molecule has 1 amide bonds. The Kier molecular flexibility index (Phi) is 5.30. The number of hydrogen-bond acceptors (Lipinski definition) is 5. The van der Waals surface area contributed by atoms with Crippen molar-refractivity contribution in [2.45, 2.75) is 18.8 Å². The number of aromatic amines is 1.